The van der Waals surface area contributed by atoms with Crippen molar-refractivity contribution >= 4 is 25.3 Å². The van der Waals surface area contributed by atoms with Crippen molar-refractivity contribution < 1.29 is 9.59 Å². The highest BCUT2D eigenvalue weighted by molar-refractivity contribution is 7.99. The summed E-state index contributed by atoms with van der Waals surface area (Å²) in [5.41, 5.74) is 5.73. The lowest BCUT2D eigenvalue weighted by atomic mass is 10.3. The Morgan fingerprint density at radius 3 is 1.92 bits per heavy atom. The zero-order valence-electron chi connectivity index (χ0n) is 8.62. The van der Waals surface area contributed by atoms with Gasteiger partial charge in [0, 0.05) is 0 Å². The van der Waals surface area contributed by atoms with Crippen molar-refractivity contribution in [2.24, 2.45) is 5.73 Å². The minimum atomic E-state index is 0.384. The van der Waals surface area contributed by atoms with E-state index in [1.54, 1.807) is 0 Å². The van der Waals surface area contributed by atoms with E-state index >= 15 is 0 Å². The fourth-order valence-corrected chi connectivity index (χ4v) is 1.58. The lowest BCUT2D eigenvalue weighted by Gasteiger charge is -2.07. The third-order valence-corrected chi connectivity index (χ3v) is 2.42. The van der Waals surface area contributed by atoms with Crippen molar-refractivity contribution in [1.29, 1.82) is 0 Å². The van der Waals surface area contributed by atoms with Crippen LogP contribution < -0.4 is 5.73 Å². The molecule has 0 heterocycles. The zero-order chi connectivity index (χ0) is 11.1. The fourth-order valence-electron chi connectivity index (χ4n) is 0.637. The average Bonchev–Trinajstić information content (AvgIpc) is 2.21. The van der Waals surface area contributed by atoms with Gasteiger partial charge in [-0.15, -0.1) is 11.8 Å². The minimum absolute atomic E-state index is 0.384. The van der Waals surface area contributed by atoms with Gasteiger partial charge in [-0.3, -0.25) is 0 Å². The normalized spacial score (nSPS) is 10.1. The fraction of sp³-hybridized carbons (Fsp3) is 0.778. The number of carbonyl (C=O) groups is 2. The van der Waals surface area contributed by atoms with Crippen LogP contribution in [0.5, 0.6) is 0 Å². The van der Waals surface area contributed by atoms with Crippen LogP contribution in [0.25, 0.3) is 0 Å². The molecule has 0 amide bonds. The molecule has 0 spiro atoms. The van der Waals surface area contributed by atoms with Crippen molar-refractivity contribution in [3.05, 3.63) is 0 Å². The maximum atomic E-state index is 8.00. The molecule has 0 aliphatic rings. The molecule has 0 aromatic heterocycles. The van der Waals surface area contributed by atoms with E-state index in [2.05, 4.69) is 13.8 Å². The second-order valence-corrected chi connectivity index (χ2v) is 3.54. The largest absolute Gasteiger partial charge is 0.319 e. The SMILES string of the molecule is C=O.C=O.CCCSC(N)CCC. The lowest BCUT2D eigenvalue weighted by Crippen LogP contribution is -2.14. The van der Waals surface area contributed by atoms with Crippen LogP contribution >= 0.6 is 11.8 Å². The van der Waals surface area contributed by atoms with Crippen molar-refractivity contribution in [2.45, 2.75) is 38.5 Å². The van der Waals surface area contributed by atoms with E-state index in [0.29, 0.717) is 5.37 Å². The Hall–Kier alpha value is -0.350. The van der Waals surface area contributed by atoms with Gasteiger partial charge < -0.3 is 15.3 Å². The van der Waals surface area contributed by atoms with Gasteiger partial charge in [0.1, 0.15) is 13.6 Å². The van der Waals surface area contributed by atoms with Crippen LogP contribution in [-0.4, -0.2) is 24.7 Å². The maximum absolute atomic E-state index is 8.00. The number of thioether (sulfide) groups is 1. The molecule has 0 bridgehead atoms. The molecule has 2 N–H and O–H groups in total. The first-order valence-corrected chi connectivity index (χ1v) is 5.31. The molecule has 80 valence electrons. The lowest BCUT2D eigenvalue weighted by molar-refractivity contribution is -0.0987. The second kappa shape index (κ2) is 22.6. The molecule has 0 aromatic carbocycles. The van der Waals surface area contributed by atoms with Gasteiger partial charge in [-0.1, -0.05) is 20.3 Å². The van der Waals surface area contributed by atoms with Gasteiger partial charge in [-0.05, 0) is 18.6 Å². The summed E-state index contributed by atoms with van der Waals surface area (Å²) in [6.45, 7) is 8.36. The minimum Gasteiger partial charge on any atom is -0.319 e. The zero-order valence-corrected chi connectivity index (χ0v) is 9.44. The molecule has 3 nitrogen and oxygen atoms in total. The van der Waals surface area contributed by atoms with Crippen molar-refractivity contribution in [3.8, 4) is 0 Å². The van der Waals surface area contributed by atoms with Crippen molar-refractivity contribution in [3.63, 3.8) is 0 Å². The van der Waals surface area contributed by atoms with Gasteiger partial charge in [0.05, 0.1) is 5.37 Å². The Morgan fingerprint density at radius 1 is 1.15 bits per heavy atom. The molecule has 0 fully saturated rings. The van der Waals surface area contributed by atoms with Gasteiger partial charge in [0.25, 0.3) is 0 Å². The quantitative estimate of drug-likeness (QED) is 0.699. The molecular formula is C9H21NO2S. The molecule has 0 saturated heterocycles. The number of rotatable bonds is 5. The Bertz CT molecular complexity index is 82.0. The van der Waals surface area contributed by atoms with Gasteiger partial charge in [0.15, 0.2) is 0 Å². The molecule has 1 atom stereocenters. The smallest absolute Gasteiger partial charge is 0.106 e. The highest BCUT2D eigenvalue weighted by Gasteiger charge is 1.97. The van der Waals surface area contributed by atoms with Gasteiger partial charge in [-0.2, -0.15) is 0 Å². The Balaban J connectivity index is -0.000000218. The summed E-state index contributed by atoms with van der Waals surface area (Å²) in [6, 6.07) is 0. The molecule has 4 heteroatoms. The standard InChI is InChI=1S/C7H17NS.2CH2O/c1-3-5-7(8)9-6-4-2;2*1-2/h7H,3-6,8H2,1-2H3;2*1H2. The van der Waals surface area contributed by atoms with Gasteiger partial charge in [0.2, 0.25) is 0 Å². The molecule has 13 heavy (non-hydrogen) atoms. The number of hydrogen-bond acceptors (Lipinski definition) is 4. The van der Waals surface area contributed by atoms with Crippen LogP contribution in [0, 0.1) is 0 Å². The number of carbonyl (C=O) groups excluding carboxylic acids is 2. The van der Waals surface area contributed by atoms with Gasteiger partial charge in [-0.25, -0.2) is 0 Å². The molecule has 0 aliphatic carbocycles. The summed E-state index contributed by atoms with van der Waals surface area (Å²) < 4.78 is 0. The molecule has 0 aliphatic heterocycles. The first kappa shape index (κ1) is 18.4. The predicted molar refractivity (Wildman–Crippen MR) is 59.9 cm³/mol. The average molecular weight is 207 g/mol. The summed E-state index contributed by atoms with van der Waals surface area (Å²) >= 11 is 1.88. The highest BCUT2D eigenvalue weighted by atomic mass is 32.2. The Labute approximate surface area is 85.5 Å². The summed E-state index contributed by atoms with van der Waals surface area (Å²) in [6.07, 6.45) is 3.60. The summed E-state index contributed by atoms with van der Waals surface area (Å²) in [4.78, 5) is 16.0. The van der Waals surface area contributed by atoms with E-state index in [4.69, 9.17) is 15.3 Å². The van der Waals surface area contributed by atoms with Crippen LogP contribution in [-0.2, 0) is 9.59 Å². The van der Waals surface area contributed by atoms with Crippen LogP contribution in [0.15, 0.2) is 0 Å². The predicted octanol–water partition coefficient (Wildman–Crippen LogP) is 1.84. The Morgan fingerprint density at radius 2 is 1.62 bits per heavy atom. The van der Waals surface area contributed by atoms with E-state index < -0.39 is 0 Å². The molecule has 0 rings (SSSR count). The first-order valence-electron chi connectivity index (χ1n) is 4.26. The first-order chi connectivity index (χ1) is 6.31. The van der Waals surface area contributed by atoms with E-state index in [9.17, 15) is 0 Å². The van der Waals surface area contributed by atoms with E-state index in [0.717, 1.165) is 6.42 Å². The Kier molecular flexibility index (Phi) is 32.0. The maximum Gasteiger partial charge on any atom is 0.106 e. The van der Waals surface area contributed by atoms with E-state index in [-0.39, 0.29) is 0 Å². The summed E-state index contributed by atoms with van der Waals surface area (Å²) in [5, 5.41) is 0.384. The van der Waals surface area contributed by atoms with E-state index in [1.165, 1.54) is 18.6 Å². The number of nitrogens with two attached hydrogens (primary N) is 1. The third-order valence-electron chi connectivity index (χ3n) is 1.11. The monoisotopic (exact) mass is 207 g/mol. The molecular weight excluding hydrogens is 186 g/mol. The van der Waals surface area contributed by atoms with Crippen LogP contribution in [0.4, 0.5) is 0 Å². The van der Waals surface area contributed by atoms with E-state index in [1.807, 2.05) is 25.3 Å². The van der Waals surface area contributed by atoms with Crippen LogP contribution in [0.2, 0.25) is 0 Å². The van der Waals surface area contributed by atoms with Crippen molar-refractivity contribution in [1.82, 2.24) is 0 Å². The molecule has 0 aromatic rings. The number of hydrogen-bond donors (Lipinski definition) is 1. The molecule has 0 radical (unpaired) electrons. The van der Waals surface area contributed by atoms with Crippen molar-refractivity contribution in [2.75, 3.05) is 5.75 Å². The van der Waals surface area contributed by atoms with Crippen LogP contribution in [0.1, 0.15) is 33.1 Å². The molecule has 0 saturated carbocycles. The third kappa shape index (κ3) is 24.5. The highest BCUT2D eigenvalue weighted by Crippen LogP contribution is 2.11. The molecule has 1 unspecified atom stereocenters. The topological polar surface area (TPSA) is 60.2 Å². The van der Waals surface area contributed by atoms with Crippen LogP contribution in [0.3, 0.4) is 0 Å². The summed E-state index contributed by atoms with van der Waals surface area (Å²) in [5.74, 6) is 1.21. The summed E-state index contributed by atoms with van der Waals surface area (Å²) in [7, 11) is 0. The second-order valence-electron chi connectivity index (χ2n) is 2.20. The van der Waals surface area contributed by atoms with Gasteiger partial charge >= 0.3 is 0 Å².